The SMILES string of the molecule is COC(=O)c1cc(C)c(-n2cc(-c3nc(C4CCS(=O)(=O)CC4)oc3-c3ccc(F)cc3F)ccc2=O)c(C)c1. The van der Waals surface area contributed by atoms with E-state index in [-0.39, 0.29) is 45.9 Å². The van der Waals surface area contributed by atoms with Crippen LogP contribution in [0.1, 0.15) is 46.1 Å². The third-order valence-electron chi connectivity index (χ3n) is 7.06. The van der Waals surface area contributed by atoms with Gasteiger partial charge in [-0.15, -0.1) is 0 Å². The number of pyridine rings is 1. The zero-order chi connectivity index (χ0) is 28.8. The maximum atomic E-state index is 14.9. The highest BCUT2D eigenvalue weighted by Gasteiger charge is 2.30. The number of carbonyl (C=O) groups excluding carboxylic acids is 1. The van der Waals surface area contributed by atoms with Gasteiger partial charge in [0.2, 0.25) is 0 Å². The molecule has 0 spiro atoms. The number of carbonyl (C=O) groups is 1. The molecule has 1 fully saturated rings. The molecule has 40 heavy (non-hydrogen) atoms. The number of benzene rings is 2. The summed E-state index contributed by atoms with van der Waals surface area (Å²) in [5, 5.41) is 0. The largest absolute Gasteiger partial charge is 0.465 e. The summed E-state index contributed by atoms with van der Waals surface area (Å²) in [5.41, 5.74) is 2.46. The molecule has 208 valence electrons. The van der Waals surface area contributed by atoms with Crippen molar-refractivity contribution >= 4 is 15.8 Å². The predicted octanol–water partition coefficient (Wildman–Crippen LogP) is 5.13. The third-order valence-corrected chi connectivity index (χ3v) is 8.78. The van der Waals surface area contributed by atoms with Crippen molar-refractivity contribution in [2.45, 2.75) is 32.6 Å². The van der Waals surface area contributed by atoms with Crippen LogP contribution in [0.15, 0.2) is 57.9 Å². The maximum absolute atomic E-state index is 14.9. The van der Waals surface area contributed by atoms with Crippen molar-refractivity contribution in [2.75, 3.05) is 18.6 Å². The lowest BCUT2D eigenvalue weighted by atomic mass is 10.0. The fraction of sp³-hybridized carbons (Fsp3) is 0.276. The minimum atomic E-state index is -3.14. The molecule has 1 saturated heterocycles. The van der Waals surface area contributed by atoms with E-state index in [1.807, 2.05) is 0 Å². The van der Waals surface area contributed by atoms with Crippen LogP contribution in [0.2, 0.25) is 0 Å². The summed E-state index contributed by atoms with van der Waals surface area (Å²) in [6, 6.07) is 9.22. The molecule has 0 saturated carbocycles. The summed E-state index contributed by atoms with van der Waals surface area (Å²) in [4.78, 5) is 29.7. The Kier molecular flexibility index (Phi) is 7.17. The van der Waals surface area contributed by atoms with Crippen LogP contribution in [-0.4, -0.2) is 42.6 Å². The van der Waals surface area contributed by atoms with Gasteiger partial charge in [-0.05, 0) is 68.1 Å². The van der Waals surface area contributed by atoms with Gasteiger partial charge in [0.1, 0.15) is 27.2 Å². The molecule has 0 aliphatic carbocycles. The Balaban J connectivity index is 1.66. The number of sulfone groups is 1. The Labute approximate surface area is 229 Å². The second-order valence-electron chi connectivity index (χ2n) is 9.86. The lowest BCUT2D eigenvalue weighted by Crippen LogP contribution is -2.22. The number of esters is 1. The zero-order valence-corrected chi connectivity index (χ0v) is 22.8. The van der Waals surface area contributed by atoms with E-state index in [2.05, 4.69) is 4.98 Å². The summed E-state index contributed by atoms with van der Waals surface area (Å²) in [6.45, 7) is 3.52. The summed E-state index contributed by atoms with van der Waals surface area (Å²) in [6.07, 6.45) is 2.16. The fourth-order valence-electron chi connectivity index (χ4n) is 5.07. The van der Waals surface area contributed by atoms with Gasteiger partial charge in [0.05, 0.1) is 35.4 Å². The van der Waals surface area contributed by atoms with E-state index in [9.17, 15) is 26.8 Å². The van der Waals surface area contributed by atoms with Crippen molar-refractivity contribution < 1.29 is 31.1 Å². The van der Waals surface area contributed by atoms with Gasteiger partial charge in [0, 0.05) is 29.8 Å². The standard InChI is InChI=1S/C29H26F2N2O6S/c1-16-12-20(29(35)38-3)13-17(2)26(16)33-15-19(4-7-24(33)34)25-27(22-6-5-21(30)14-23(22)31)39-28(32-25)18-8-10-40(36,37)11-9-18/h4-7,12-15,18H,8-11H2,1-3H3. The smallest absolute Gasteiger partial charge is 0.337 e. The topological polar surface area (TPSA) is 108 Å². The Bertz CT molecular complexity index is 1770. The lowest BCUT2D eigenvalue weighted by molar-refractivity contribution is 0.0600. The maximum Gasteiger partial charge on any atom is 0.337 e. The second-order valence-corrected chi connectivity index (χ2v) is 12.2. The van der Waals surface area contributed by atoms with Gasteiger partial charge in [-0.3, -0.25) is 9.36 Å². The first kappa shape index (κ1) is 27.4. The van der Waals surface area contributed by atoms with E-state index in [1.54, 1.807) is 32.2 Å². The zero-order valence-electron chi connectivity index (χ0n) is 22.0. The minimum absolute atomic E-state index is 0.0133. The normalized spacial score (nSPS) is 15.2. The Hall–Kier alpha value is -4.12. The Morgan fingerprint density at radius 1 is 1.05 bits per heavy atom. The molecule has 0 amide bonds. The molecule has 1 aliphatic heterocycles. The van der Waals surface area contributed by atoms with Crippen LogP contribution in [0.5, 0.6) is 0 Å². The molecule has 8 nitrogen and oxygen atoms in total. The first-order valence-corrected chi connectivity index (χ1v) is 14.4. The van der Waals surface area contributed by atoms with Crippen LogP contribution in [0.3, 0.4) is 0 Å². The summed E-state index contributed by atoms with van der Waals surface area (Å²) in [7, 11) is -1.85. The molecule has 3 heterocycles. The van der Waals surface area contributed by atoms with E-state index in [0.29, 0.717) is 40.8 Å². The Morgan fingerprint density at radius 2 is 1.73 bits per heavy atom. The summed E-state index contributed by atoms with van der Waals surface area (Å²) in [5.74, 6) is -2.15. The van der Waals surface area contributed by atoms with Crippen molar-refractivity contribution in [3.63, 3.8) is 0 Å². The van der Waals surface area contributed by atoms with Crippen LogP contribution >= 0.6 is 0 Å². The fourth-order valence-corrected chi connectivity index (χ4v) is 6.57. The van der Waals surface area contributed by atoms with Crippen LogP contribution in [-0.2, 0) is 14.6 Å². The summed E-state index contributed by atoms with van der Waals surface area (Å²) < 4.78 is 64.8. The Morgan fingerprint density at radius 3 is 2.35 bits per heavy atom. The van der Waals surface area contributed by atoms with Crippen molar-refractivity contribution in [1.29, 1.82) is 0 Å². The van der Waals surface area contributed by atoms with Crippen LogP contribution < -0.4 is 5.56 Å². The number of methoxy groups -OCH3 is 1. The highest BCUT2D eigenvalue weighted by atomic mass is 32.2. The van der Waals surface area contributed by atoms with Crippen LogP contribution in [0, 0.1) is 25.5 Å². The van der Waals surface area contributed by atoms with Crippen molar-refractivity contribution in [3.05, 3.63) is 93.2 Å². The van der Waals surface area contributed by atoms with Crippen LogP contribution in [0.4, 0.5) is 8.78 Å². The van der Waals surface area contributed by atoms with Gasteiger partial charge >= 0.3 is 5.97 Å². The third kappa shape index (κ3) is 5.21. The highest BCUT2D eigenvalue weighted by molar-refractivity contribution is 7.91. The average Bonchev–Trinajstić information content (AvgIpc) is 3.33. The van der Waals surface area contributed by atoms with E-state index >= 15 is 0 Å². The van der Waals surface area contributed by atoms with Gasteiger partial charge in [0.25, 0.3) is 5.56 Å². The molecule has 4 aromatic rings. The number of hydrogen-bond donors (Lipinski definition) is 0. The molecule has 0 N–H and O–H groups in total. The van der Waals surface area contributed by atoms with Crippen LogP contribution in [0.25, 0.3) is 28.3 Å². The van der Waals surface area contributed by atoms with Crippen molar-refractivity contribution in [3.8, 4) is 28.3 Å². The molecule has 0 atom stereocenters. The molecular formula is C29H26F2N2O6S. The molecule has 0 radical (unpaired) electrons. The number of aromatic nitrogens is 2. The first-order valence-electron chi connectivity index (χ1n) is 12.6. The highest BCUT2D eigenvalue weighted by Crippen LogP contribution is 2.39. The number of hydrogen-bond acceptors (Lipinski definition) is 7. The number of nitrogens with zero attached hydrogens (tertiary/aromatic N) is 2. The van der Waals surface area contributed by atoms with E-state index < -0.39 is 27.4 Å². The second kappa shape index (κ2) is 10.5. The molecule has 5 rings (SSSR count). The molecular weight excluding hydrogens is 542 g/mol. The van der Waals surface area contributed by atoms with Crippen molar-refractivity contribution in [1.82, 2.24) is 9.55 Å². The van der Waals surface area contributed by atoms with E-state index in [1.165, 1.54) is 29.9 Å². The molecule has 0 unspecified atom stereocenters. The van der Waals surface area contributed by atoms with Gasteiger partial charge < -0.3 is 9.15 Å². The summed E-state index contributed by atoms with van der Waals surface area (Å²) >= 11 is 0. The number of halogens is 2. The number of aryl methyl sites for hydroxylation is 2. The molecule has 2 aromatic heterocycles. The lowest BCUT2D eigenvalue weighted by Gasteiger charge is -2.18. The van der Waals surface area contributed by atoms with Crippen molar-refractivity contribution in [2.24, 2.45) is 0 Å². The van der Waals surface area contributed by atoms with Gasteiger partial charge in [-0.25, -0.2) is 27.0 Å². The minimum Gasteiger partial charge on any atom is -0.465 e. The monoisotopic (exact) mass is 568 g/mol. The van der Waals surface area contributed by atoms with Gasteiger partial charge in [-0.2, -0.15) is 0 Å². The molecule has 0 bridgehead atoms. The number of oxazole rings is 1. The first-order chi connectivity index (χ1) is 19.0. The predicted molar refractivity (Wildman–Crippen MR) is 144 cm³/mol. The average molecular weight is 569 g/mol. The molecule has 11 heteroatoms. The molecule has 2 aromatic carbocycles. The molecule has 1 aliphatic rings. The number of ether oxygens (including phenoxy) is 1. The van der Waals surface area contributed by atoms with Gasteiger partial charge in [-0.1, -0.05) is 0 Å². The number of rotatable bonds is 5. The van der Waals surface area contributed by atoms with E-state index in [4.69, 9.17) is 9.15 Å². The van der Waals surface area contributed by atoms with E-state index in [0.717, 1.165) is 12.1 Å². The van der Waals surface area contributed by atoms with Gasteiger partial charge in [0.15, 0.2) is 11.7 Å². The quantitative estimate of drug-likeness (QED) is 0.307.